The van der Waals surface area contributed by atoms with Crippen LogP contribution in [0.4, 0.5) is 11.4 Å². The van der Waals surface area contributed by atoms with Gasteiger partial charge in [-0.3, -0.25) is 14.9 Å². The van der Waals surface area contributed by atoms with Crippen molar-refractivity contribution in [2.75, 3.05) is 17.2 Å². The normalized spacial score (nSPS) is 10.5. The number of rotatable bonds is 11. The largest absolute Gasteiger partial charge is 0.494 e. The van der Waals surface area contributed by atoms with Gasteiger partial charge in [-0.25, -0.2) is 0 Å². The van der Waals surface area contributed by atoms with Gasteiger partial charge in [-0.2, -0.15) is 0 Å². The molecular formula is C25H33N3O3S. The first-order valence-electron chi connectivity index (χ1n) is 11.1. The Hall–Kier alpha value is -2.93. The molecule has 0 aliphatic carbocycles. The molecule has 2 rings (SSSR count). The molecule has 0 unspecified atom stereocenters. The van der Waals surface area contributed by atoms with Crippen LogP contribution >= 0.6 is 12.2 Å². The lowest BCUT2D eigenvalue weighted by Crippen LogP contribution is -2.34. The maximum atomic E-state index is 12.5. The molecule has 0 aliphatic rings. The number of carbonyl (C=O) groups excluding carboxylic acids is 2. The number of anilines is 2. The molecule has 0 fully saturated rings. The highest BCUT2D eigenvalue weighted by Gasteiger charge is 2.09. The highest BCUT2D eigenvalue weighted by Crippen LogP contribution is 2.16. The van der Waals surface area contributed by atoms with E-state index in [1.54, 1.807) is 30.3 Å². The number of ether oxygens (including phenoxy) is 1. The first-order chi connectivity index (χ1) is 15.4. The summed E-state index contributed by atoms with van der Waals surface area (Å²) in [6.07, 6.45) is 4.47. The summed E-state index contributed by atoms with van der Waals surface area (Å²) in [5.41, 5.74) is 1.84. The standard InChI is InChI=1S/C25H33N3O3S/c1-4-5-6-10-23(29)26-20-8-7-9-21(17-20)27-25(32)28-24(30)19-11-13-22(14-12-19)31-16-15-18(2)3/h7-9,11-14,17-18H,4-6,10,15-16H2,1-3H3,(H,26,29)(H2,27,28,30,32). The van der Waals surface area contributed by atoms with Crippen molar-refractivity contribution in [2.24, 2.45) is 5.92 Å². The Labute approximate surface area is 196 Å². The van der Waals surface area contributed by atoms with Gasteiger partial charge in [0, 0.05) is 23.4 Å². The van der Waals surface area contributed by atoms with E-state index in [2.05, 4.69) is 36.7 Å². The fourth-order valence-electron chi connectivity index (χ4n) is 2.89. The van der Waals surface area contributed by atoms with E-state index in [4.69, 9.17) is 17.0 Å². The van der Waals surface area contributed by atoms with Crippen LogP contribution in [-0.4, -0.2) is 23.5 Å². The molecule has 0 spiro atoms. The van der Waals surface area contributed by atoms with Gasteiger partial charge in [-0.15, -0.1) is 0 Å². The summed E-state index contributed by atoms with van der Waals surface area (Å²) in [4.78, 5) is 24.5. The van der Waals surface area contributed by atoms with Crippen molar-refractivity contribution in [1.82, 2.24) is 5.32 Å². The van der Waals surface area contributed by atoms with Crippen molar-refractivity contribution in [3.05, 3.63) is 54.1 Å². The second kappa shape index (κ2) is 13.5. The third-order valence-corrected chi connectivity index (χ3v) is 4.92. The van der Waals surface area contributed by atoms with Gasteiger partial charge in [0.1, 0.15) is 5.75 Å². The van der Waals surface area contributed by atoms with Crippen molar-refractivity contribution in [3.8, 4) is 5.75 Å². The van der Waals surface area contributed by atoms with Crippen molar-refractivity contribution >= 4 is 40.5 Å². The SMILES string of the molecule is CCCCCC(=O)Nc1cccc(NC(=S)NC(=O)c2ccc(OCCC(C)C)cc2)c1. The molecule has 0 atom stereocenters. The van der Waals surface area contributed by atoms with E-state index in [-0.39, 0.29) is 16.9 Å². The maximum absolute atomic E-state index is 12.5. The highest BCUT2D eigenvalue weighted by molar-refractivity contribution is 7.80. The molecule has 0 aliphatic heterocycles. The van der Waals surface area contributed by atoms with E-state index in [0.29, 0.717) is 35.9 Å². The van der Waals surface area contributed by atoms with Gasteiger partial charge < -0.3 is 15.4 Å². The summed E-state index contributed by atoms with van der Waals surface area (Å²) < 4.78 is 5.68. The third-order valence-electron chi connectivity index (χ3n) is 4.72. The predicted molar refractivity (Wildman–Crippen MR) is 134 cm³/mol. The summed E-state index contributed by atoms with van der Waals surface area (Å²) in [6.45, 7) is 7.05. The molecule has 0 bridgehead atoms. The molecule has 0 saturated heterocycles. The van der Waals surface area contributed by atoms with Crippen LogP contribution in [0.3, 0.4) is 0 Å². The number of thiocarbonyl (C=S) groups is 1. The quantitative estimate of drug-likeness (QED) is 0.297. The zero-order valence-electron chi connectivity index (χ0n) is 19.1. The lowest BCUT2D eigenvalue weighted by atomic mass is 10.1. The minimum Gasteiger partial charge on any atom is -0.494 e. The predicted octanol–water partition coefficient (Wildman–Crippen LogP) is 5.76. The van der Waals surface area contributed by atoms with Gasteiger partial charge in [-0.05, 0) is 73.4 Å². The van der Waals surface area contributed by atoms with Crippen molar-refractivity contribution < 1.29 is 14.3 Å². The number of hydrogen-bond donors (Lipinski definition) is 3. The summed E-state index contributed by atoms with van der Waals surface area (Å²) in [5, 5.41) is 8.72. The number of carbonyl (C=O) groups is 2. The Balaban J connectivity index is 1.84. The smallest absolute Gasteiger partial charge is 0.257 e. The maximum Gasteiger partial charge on any atom is 0.257 e. The number of unbranched alkanes of at least 4 members (excludes halogenated alkanes) is 2. The fraction of sp³-hybridized carbons (Fsp3) is 0.400. The monoisotopic (exact) mass is 455 g/mol. The zero-order chi connectivity index (χ0) is 23.3. The van der Waals surface area contributed by atoms with E-state index in [1.807, 2.05) is 18.2 Å². The molecule has 2 aromatic carbocycles. The minimum absolute atomic E-state index is 0.0110. The van der Waals surface area contributed by atoms with Gasteiger partial charge >= 0.3 is 0 Å². The molecule has 0 saturated carbocycles. The number of hydrogen-bond acceptors (Lipinski definition) is 4. The van der Waals surface area contributed by atoms with Crippen LogP contribution in [0.2, 0.25) is 0 Å². The Morgan fingerprint density at radius 3 is 2.34 bits per heavy atom. The van der Waals surface area contributed by atoms with Crippen LogP contribution in [0, 0.1) is 5.92 Å². The third kappa shape index (κ3) is 9.47. The van der Waals surface area contributed by atoms with Gasteiger partial charge in [0.2, 0.25) is 5.91 Å². The topological polar surface area (TPSA) is 79.5 Å². The molecular weight excluding hydrogens is 422 g/mol. The van der Waals surface area contributed by atoms with Crippen molar-refractivity contribution in [2.45, 2.75) is 52.9 Å². The Bertz CT molecular complexity index is 898. The van der Waals surface area contributed by atoms with Crippen LogP contribution in [0.5, 0.6) is 5.75 Å². The molecule has 7 heteroatoms. The van der Waals surface area contributed by atoms with Gasteiger partial charge in [0.25, 0.3) is 5.91 Å². The number of amides is 2. The Morgan fingerprint density at radius 1 is 1.00 bits per heavy atom. The number of nitrogens with one attached hydrogen (secondary N) is 3. The molecule has 0 aromatic heterocycles. The molecule has 6 nitrogen and oxygen atoms in total. The molecule has 0 heterocycles. The first kappa shape index (κ1) is 25.3. The van der Waals surface area contributed by atoms with Crippen LogP contribution in [0.25, 0.3) is 0 Å². The summed E-state index contributed by atoms with van der Waals surface area (Å²) in [5.74, 6) is 0.993. The van der Waals surface area contributed by atoms with Crippen LogP contribution in [-0.2, 0) is 4.79 Å². The summed E-state index contributed by atoms with van der Waals surface area (Å²) >= 11 is 5.27. The van der Waals surface area contributed by atoms with Crippen LogP contribution in [0.1, 0.15) is 63.2 Å². The average molecular weight is 456 g/mol. The Kier molecular flexibility index (Phi) is 10.7. The van der Waals surface area contributed by atoms with Gasteiger partial charge in [-0.1, -0.05) is 39.7 Å². The molecule has 0 radical (unpaired) electrons. The minimum atomic E-state index is -0.309. The first-order valence-corrected chi connectivity index (χ1v) is 11.5. The van der Waals surface area contributed by atoms with Crippen molar-refractivity contribution in [1.29, 1.82) is 0 Å². The molecule has 32 heavy (non-hydrogen) atoms. The Morgan fingerprint density at radius 2 is 1.69 bits per heavy atom. The number of benzene rings is 2. The van der Waals surface area contributed by atoms with E-state index in [1.165, 1.54) is 0 Å². The van der Waals surface area contributed by atoms with E-state index in [0.717, 1.165) is 31.4 Å². The molecule has 2 aromatic rings. The molecule has 3 N–H and O–H groups in total. The highest BCUT2D eigenvalue weighted by atomic mass is 32.1. The lowest BCUT2D eigenvalue weighted by Gasteiger charge is -2.12. The van der Waals surface area contributed by atoms with E-state index >= 15 is 0 Å². The lowest BCUT2D eigenvalue weighted by molar-refractivity contribution is -0.116. The van der Waals surface area contributed by atoms with Crippen molar-refractivity contribution in [3.63, 3.8) is 0 Å². The summed E-state index contributed by atoms with van der Waals surface area (Å²) in [6, 6.07) is 14.2. The second-order valence-corrected chi connectivity index (χ2v) is 8.46. The molecule has 172 valence electrons. The van der Waals surface area contributed by atoms with Crippen LogP contribution < -0.4 is 20.7 Å². The second-order valence-electron chi connectivity index (χ2n) is 8.05. The zero-order valence-corrected chi connectivity index (χ0v) is 19.9. The van der Waals surface area contributed by atoms with Crippen LogP contribution in [0.15, 0.2) is 48.5 Å². The summed E-state index contributed by atoms with van der Waals surface area (Å²) in [7, 11) is 0. The van der Waals surface area contributed by atoms with Gasteiger partial charge in [0.15, 0.2) is 5.11 Å². The molecule has 2 amide bonds. The van der Waals surface area contributed by atoms with E-state index in [9.17, 15) is 9.59 Å². The van der Waals surface area contributed by atoms with E-state index < -0.39 is 0 Å². The average Bonchev–Trinajstić information content (AvgIpc) is 2.74. The van der Waals surface area contributed by atoms with Gasteiger partial charge in [0.05, 0.1) is 6.61 Å². The fourth-order valence-corrected chi connectivity index (χ4v) is 3.10.